The van der Waals surface area contributed by atoms with Crippen molar-refractivity contribution < 1.29 is 37.6 Å². The van der Waals surface area contributed by atoms with Crippen LogP contribution in [-0.4, -0.2) is 49.3 Å². The molecule has 0 aliphatic rings. The summed E-state index contributed by atoms with van der Waals surface area (Å²) >= 11 is 0. The minimum Gasteiger partial charge on any atom is -0.462 e. The topological polar surface area (TPSA) is 134 Å². The average Bonchev–Trinajstić information content (AvgIpc) is 1.90. The molecule has 96 heavy (non-hydrogen) atoms. The molecule has 564 valence electrons. The third kappa shape index (κ3) is 80.7. The summed E-state index contributed by atoms with van der Waals surface area (Å²) in [7, 11) is -4.40. The summed E-state index contributed by atoms with van der Waals surface area (Å²) in [6, 6.07) is 0. The van der Waals surface area contributed by atoms with Gasteiger partial charge in [0, 0.05) is 19.4 Å². The predicted molar refractivity (Wildman–Crippen MR) is 418 cm³/mol. The van der Waals surface area contributed by atoms with Crippen molar-refractivity contribution in [3.8, 4) is 0 Å². The van der Waals surface area contributed by atoms with Gasteiger partial charge in [0.25, 0.3) is 0 Å². The quantitative estimate of drug-likeness (QED) is 0.0264. The summed E-state index contributed by atoms with van der Waals surface area (Å²) in [6.07, 6.45) is 108. The number of hydrogen-bond donors (Lipinski definition) is 2. The van der Waals surface area contributed by atoms with Crippen LogP contribution in [0.15, 0.2) is 60.8 Å². The van der Waals surface area contributed by atoms with Crippen LogP contribution < -0.4 is 5.73 Å². The van der Waals surface area contributed by atoms with Crippen LogP contribution in [0.3, 0.4) is 0 Å². The fourth-order valence-electron chi connectivity index (χ4n) is 13.0. The van der Waals surface area contributed by atoms with Crippen LogP contribution in [0.4, 0.5) is 0 Å². The van der Waals surface area contributed by atoms with E-state index in [1.165, 1.54) is 347 Å². The first-order valence-electron chi connectivity index (χ1n) is 42.3. The predicted octanol–water partition coefficient (Wildman–Crippen LogP) is 28.5. The van der Waals surface area contributed by atoms with Gasteiger partial charge in [-0.2, -0.15) is 0 Å². The summed E-state index contributed by atoms with van der Waals surface area (Å²) < 4.78 is 33.3. The SMILES string of the molecule is CC/C=C\C/C=C\C/C=C\C/C=C\C/C=C\CCCCCCCCCCCCCCCCCCCCCCCC(=O)OC(COC(=O)CCCCCCCCCCCCCCCCCCCCCCCCCCCCCCCCCCCCCCCC)COP(=O)(O)OCCN. The number of phosphoric ester groups is 1. The van der Waals surface area contributed by atoms with Gasteiger partial charge in [0.2, 0.25) is 0 Å². The molecule has 0 saturated heterocycles. The Bertz CT molecular complexity index is 1760. The molecule has 0 heterocycles. The Morgan fingerprint density at radius 3 is 0.854 bits per heavy atom. The summed E-state index contributed by atoms with van der Waals surface area (Å²) in [4.78, 5) is 35.5. The molecule has 3 N–H and O–H groups in total. The van der Waals surface area contributed by atoms with E-state index in [0.29, 0.717) is 6.42 Å². The van der Waals surface area contributed by atoms with E-state index in [-0.39, 0.29) is 38.6 Å². The standard InChI is InChI=1S/C86H162NO8P/c1-3-5-7-9-11-13-15-17-19-21-23-25-27-29-31-33-35-37-39-41-43-44-46-48-50-52-54-56-58-60-62-64-66-68-70-72-74-76-78-85(88)92-82-84(83-94-96(90,91)93-81-80-87)95-86(89)79-77-75-73-71-69-67-65-63-61-59-57-55-53-51-49-47-45-42-40-38-36-34-32-30-28-26-24-22-20-18-16-14-12-10-8-6-4-2/h6,8,12,14,18,20,24,26,30,32,84H,3-5,7,9-11,13,15-17,19,21-23,25,27-29,31,33-83,87H2,1-2H3,(H,90,91)/b8-6-,14-12-,20-18-,26-24-,32-30-. The van der Waals surface area contributed by atoms with E-state index in [4.69, 9.17) is 24.3 Å². The lowest BCUT2D eigenvalue weighted by Gasteiger charge is -2.19. The molecule has 0 aliphatic heterocycles. The van der Waals surface area contributed by atoms with Gasteiger partial charge in [0.1, 0.15) is 6.61 Å². The number of allylic oxidation sites excluding steroid dienone is 10. The van der Waals surface area contributed by atoms with Crippen molar-refractivity contribution in [2.75, 3.05) is 26.4 Å². The first-order valence-corrected chi connectivity index (χ1v) is 43.8. The molecular formula is C86H162NO8P. The number of carbonyl (C=O) groups excluding carboxylic acids is 2. The Morgan fingerprint density at radius 2 is 0.573 bits per heavy atom. The van der Waals surface area contributed by atoms with Crippen molar-refractivity contribution >= 4 is 19.8 Å². The third-order valence-electron chi connectivity index (χ3n) is 19.2. The molecule has 0 saturated carbocycles. The molecule has 2 unspecified atom stereocenters. The summed E-state index contributed by atoms with van der Waals surface area (Å²) in [5, 5.41) is 0. The van der Waals surface area contributed by atoms with E-state index in [1.807, 2.05) is 0 Å². The minimum atomic E-state index is -4.40. The van der Waals surface area contributed by atoms with Crippen LogP contribution in [0.1, 0.15) is 444 Å². The zero-order chi connectivity index (χ0) is 69.3. The molecule has 9 nitrogen and oxygen atoms in total. The third-order valence-corrected chi connectivity index (χ3v) is 20.2. The van der Waals surface area contributed by atoms with Crippen LogP contribution in [0, 0.1) is 0 Å². The molecule has 10 heteroatoms. The Labute approximate surface area is 597 Å². The number of phosphoric acid groups is 1. The van der Waals surface area contributed by atoms with Crippen molar-refractivity contribution in [1.82, 2.24) is 0 Å². The van der Waals surface area contributed by atoms with Gasteiger partial charge in [-0.3, -0.25) is 18.6 Å². The highest BCUT2D eigenvalue weighted by Gasteiger charge is 2.26. The van der Waals surface area contributed by atoms with Gasteiger partial charge in [-0.25, -0.2) is 4.57 Å². The maximum absolute atomic E-state index is 12.8. The van der Waals surface area contributed by atoms with Crippen LogP contribution in [0.25, 0.3) is 0 Å². The van der Waals surface area contributed by atoms with Crippen molar-refractivity contribution in [3.05, 3.63) is 60.8 Å². The largest absolute Gasteiger partial charge is 0.472 e. The first-order chi connectivity index (χ1) is 47.3. The van der Waals surface area contributed by atoms with Crippen LogP contribution in [-0.2, 0) is 32.7 Å². The van der Waals surface area contributed by atoms with Gasteiger partial charge in [-0.1, -0.05) is 434 Å². The normalized spacial score (nSPS) is 13.1. The van der Waals surface area contributed by atoms with Gasteiger partial charge in [0.05, 0.1) is 13.2 Å². The molecule has 0 rings (SSSR count). The second kappa shape index (κ2) is 81.7. The van der Waals surface area contributed by atoms with E-state index in [9.17, 15) is 19.0 Å². The zero-order valence-corrected chi connectivity index (χ0v) is 64.8. The molecule has 0 radical (unpaired) electrons. The highest BCUT2D eigenvalue weighted by atomic mass is 31.2. The number of nitrogens with two attached hydrogens (primary N) is 1. The highest BCUT2D eigenvalue weighted by Crippen LogP contribution is 2.43. The molecule has 0 bridgehead atoms. The Hall–Kier alpha value is -2.29. The van der Waals surface area contributed by atoms with Gasteiger partial charge >= 0.3 is 19.8 Å². The molecule has 0 aromatic heterocycles. The number of unbranched alkanes of at least 4 members (excludes halogenated alkanes) is 58. The van der Waals surface area contributed by atoms with Gasteiger partial charge in [0.15, 0.2) is 6.10 Å². The van der Waals surface area contributed by atoms with Gasteiger partial charge in [-0.05, 0) is 57.8 Å². The first kappa shape index (κ1) is 93.7. The lowest BCUT2D eigenvalue weighted by atomic mass is 10.0. The van der Waals surface area contributed by atoms with Crippen molar-refractivity contribution in [2.45, 2.75) is 450 Å². The van der Waals surface area contributed by atoms with Crippen LogP contribution in [0.2, 0.25) is 0 Å². The smallest absolute Gasteiger partial charge is 0.462 e. The Kier molecular flexibility index (Phi) is 79.7. The monoisotopic (exact) mass is 1370 g/mol. The minimum absolute atomic E-state index is 0.0557. The number of ether oxygens (including phenoxy) is 2. The summed E-state index contributed by atoms with van der Waals surface area (Å²) in [5.41, 5.74) is 5.42. The average molecular weight is 1370 g/mol. The number of carbonyl (C=O) groups is 2. The number of rotatable bonds is 81. The molecule has 0 aromatic rings. The van der Waals surface area contributed by atoms with E-state index in [0.717, 1.165) is 64.2 Å². The van der Waals surface area contributed by atoms with E-state index >= 15 is 0 Å². The second-order valence-corrected chi connectivity index (χ2v) is 30.1. The molecule has 2 atom stereocenters. The zero-order valence-electron chi connectivity index (χ0n) is 63.9. The fraction of sp³-hybridized carbons (Fsp3) is 0.860. The van der Waals surface area contributed by atoms with Crippen LogP contribution in [0.5, 0.6) is 0 Å². The molecule has 0 amide bonds. The maximum Gasteiger partial charge on any atom is 0.472 e. The Morgan fingerprint density at radius 1 is 0.323 bits per heavy atom. The molecular weight excluding hydrogens is 1210 g/mol. The molecule has 0 spiro atoms. The second-order valence-electron chi connectivity index (χ2n) is 28.7. The fourth-order valence-corrected chi connectivity index (χ4v) is 13.7. The Balaban J connectivity index is 3.73. The maximum atomic E-state index is 12.8. The number of esters is 2. The van der Waals surface area contributed by atoms with E-state index in [2.05, 4.69) is 74.6 Å². The van der Waals surface area contributed by atoms with Crippen molar-refractivity contribution in [1.29, 1.82) is 0 Å². The van der Waals surface area contributed by atoms with Crippen molar-refractivity contribution in [2.24, 2.45) is 5.73 Å². The van der Waals surface area contributed by atoms with Gasteiger partial charge in [-0.15, -0.1) is 0 Å². The molecule has 0 aromatic carbocycles. The summed E-state index contributed by atoms with van der Waals surface area (Å²) in [5.74, 6) is -0.801. The highest BCUT2D eigenvalue weighted by molar-refractivity contribution is 7.47. The van der Waals surface area contributed by atoms with E-state index < -0.39 is 26.5 Å². The number of hydrogen-bond acceptors (Lipinski definition) is 8. The van der Waals surface area contributed by atoms with Crippen molar-refractivity contribution in [3.63, 3.8) is 0 Å². The molecule has 0 aliphatic carbocycles. The summed E-state index contributed by atoms with van der Waals surface area (Å²) in [6.45, 7) is 3.72. The lowest BCUT2D eigenvalue weighted by molar-refractivity contribution is -0.161. The van der Waals surface area contributed by atoms with E-state index in [1.54, 1.807) is 0 Å². The van der Waals surface area contributed by atoms with Crippen LogP contribution >= 0.6 is 7.82 Å². The van der Waals surface area contributed by atoms with Gasteiger partial charge < -0.3 is 20.1 Å². The lowest BCUT2D eigenvalue weighted by Crippen LogP contribution is -2.29. The molecule has 0 fully saturated rings.